The molecule has 5 heteroatoms. The van der Waals surface area contributed by atoms with Crippen LogP contribution in [-0.2, 0) is 4.79 Å². The smallest absolute Gasteiger partial charge is 0.253 e. The number of carbonyl (C=O) groups excluding carboxylic acids is 1. The molecule has 0 aliphatic heterocycles. The molecule has 0 bridgehead atoms. The highest BCUT2D eigenvalue weighted by Crippen LogP contribution is 2.15. The summed E-state index contributed by atoms with van der Waals surface area (Å²) in [7, 11) is 0. The van der Waals surface area contributed by atoms with Crippen LogP contribution in [0.4, 0.5) is 0 Å². The number of aliphatic hydroxyl groups excluding tert-OH is 3. The third kappa shape index (κ3) is 27.7. The van der Waals surface area contributed by atoms with Gasteiger partial charge in [-0.15, -0.1) is 0 Å². The molecular weight excluding hydrogens is 510 g/mol. The lowest BCUT2D eigenvalue weighted by molar-refractivity contribution is -0.129. The predicted molar refractivity (Wildman–Crippen MR) is 176 cm³/mol. The number of unbranched alkanes of at least 4 members (excludes halogenated alkanes) is 24. The first kappa shape index (κ1) is 40.1. The maximum atomic E-state index is 12.3. The molecule has 0 aliphatic carbocycles. The first-order valence-corrected chi connectivity index (χ1v) is 18.0. The highest BCUT2D eigenvalue weighted by molar-refractivity contribution is 5.82. The third-order valence-electron chi connectivity index (χ3n) is 8.40. The van der Waals surface area contributed by atoms with Crippen LogP contribution in [0.25, 0.3) is 0 Å². The van der Waals surface area contributed by atoms with E-state index < -0.39 is 24.2 Å². The van der Waals surface area contributed by atoms with E-state index in [-0.39, 0.29) is 6.61 Å². The van der Waals surface area contributed by atoms with Crippen LogP contribution in [0.1, 0.15) is 187 Å². The summed E-state index contributed by atoms with van der Waals surface area (Å²) in [5, 5.41) is 32.9. The van der Waals surface area contributed by atoms with Gasteiger partial charge in [0.1, 0.15) is 0 Å². The van der Waals surface area contributed by atoms with Crippen LogP contribution < -0.4 is 5.32 Å². The number of rotatable bonds is 32. The zero-order chi connectivity index (χ0) is 30.2. The molecule has 0 spiro atoms. The molecule has 5 nitrogen and oxygen atoms in total. The maximum absolute atomic E-state index is 12.3. The average molecular weight is 582 g/mol. The van der Waals surface area contributed by atoms with Gasteiger partial charge in [-0.05, 0) is 19.3 Å². The lowest BCUT2D eigenvalue weighted by Gasteiger charge is -2.23. The maximum Gasteiger partial charge on any atom is 0.253 e. The summed E-state index contributed by atoms with van der Waals surface area (Å²) in [5.74, 6) is -0.556. The summed E-state index contributed by atoms with van der Waals surface area (Å²) in [5.41, 5.74) is 0. The van der Waals surface area contributed by atoms with Crippen molar-refractivity contribution in [1.82, 2.24) is 5.32 Å². The molecule has 0 aromatic heterocycles. The molecule has 0 heterocycles. The summed E-state index contributed by atoms with van der Waals surface area (Å²) in [4.78, 5) is 12.3. The van der Waals surface area contributed by atoms with E-state index in [0.29, 0.717) is 6.42 Å². The number of hydrogen-bond acceptors (Lipinski definition) is 4. The Hall–Kier alpha value is -0.910. The van der Waals surface area contributed by atoms with E-state index in [2.05, 4.69) is 19.2 Å². The molecule has 0 rings (SSSR count). The SMILES string of the molecule is CCCCCCCCCCCCCC/C=C\[C@H](O)C(=O)N[C@@H](CO)[C@H](O)CCCCCCCCCCCCCCC. The van der Waals surface area contributed by atoms with Crippen molar-refractivity contribution in [3.63, 3.8) is 0 Å². The molecule has 244 valence electrons. The summed E-state index contributed by atoms with van der Waals surface area (Å²) in [6.07, 6.45) is 35.0. The van der Waals surface area contributed by atoms with E-state index in [0.717, 1.165) is 25.7 Å². The van der Waals surface area contributed by atoms with E-state index in [1.165, 1.54) is 147 Å². The van der Waals surface area contributed by atoms with Gasteiger partial charge < -0.3 is 20.6 Å². The molecule has 0 saturated heterocycles. The molecule has 0 radical (unpaired) electrons. The standard InChI is InChI=1S/C36H71NO4/c1-3-5-7-9-11-13-15-17-19-21-23-25-27-29-31-35(40)36(41)37-33(32-38)34(39)30-28-26-24-22-20-18-16-14-12-10-8-6-4-2/h29,31,33-35,38-40H,3-28,30,32H2,1-2H3,(H,37,41)/b31-29-/t33-,34+,35-/m0/s1. The fourth-order valence-corrected chi connectivity index (χ4v) is 5.52. The Bertz CT molecular complexity index is 568. The second-order valence-electron chi connectivity index (χ2n) is 12.4. The normalized spacial score (nSPS) is 14.0. The van der Waals surface area contributed by atoms with Gasteiger partial charge in [-0.1, -0.05) is 180 Å². The number of aliphatic hydroxyl groups is 3. The van der Waals surface area contributed by atoms with Crippen molar-refractivity contribution >= 4 is 5.91 Å². The minimum absolute atomic E-state index is 0.333. The topological polar surface area (TPSA) is 89.8 Å². The van der Waals surface area contributed by atoms with Gasteiger partial charge in [0, 0.05) is 0 Å². The Labute approximate surface area is 255 Å². The minimum atomic E-state index is -1.25. The van der Waals surface area contributed by atoms with Gasteiger partial charge in [-0.25, -0.2) is 0 Å². The predicted octanol–water partition coefficient (Wildman–Crippen LogP) is 9.31. The van der Waals surface area contributed by atoms with Crippen LogP contribution in [0.3, 0.4) is 0 Å². The van der Waals surface area contributed by atoms with Gasteiger partial charge in [0.15, 0.2) is 6.10 Å². The lowest BCUT2D eigenvalue weighted by Crippen LogP contribution is -2.49. The fraction of sp³-hybridized carbons (Fsp3) is 0.917. The number of carbonyl (C=O) groups is 1. The van der Waals surface area contributed by atoms with Crippen LogP contribution in [0, 0.1) is 0 Å². The highest BCUT2D eigenvalue weighted by atomic mass is 16.3. The first-order chi connectivity index (χ1) is 20.1. The third-order valence-corrected chi connectivity index (χ3v) is 8.40. The van der Waals surface area contributed by atoms with Gasteiger partial charge in [-0.3, -0.25) is 4.79 Å². The number of nitrogens with one attached hydrogen (secondary N) is 1. The van der Waals surface area contributed by atoms with Crippen molar-refractivity contribution in [2.45, 2.75) is 205 Å². The molecule has 3 atom stereocenters. The second-order valence-corrected chi connectivity index (χ2v) is 12.4. The first-order valence-electron chi connectivity index (χ1n) is 18.0. The molecule has 0 fully saturated rings. The van der Waals surface area contributed by atoms with Crippen molar-refractivity contribution in [2.75, 3.05) is 6.61 Å². The zero-order valence-corrected chi connectivity index (χ0v) is 27.4. The van der Waals surface area contributed by atoms with Crippen LogP contribution in [0.5, 0.6) is 0 Å². The van der Waals surface area contributed by atoms with Crippen molar-refractivity contribution < 1.29 is 20.1 Å². The molecule has 0 aliphatic rings. The van der Waals surface area contributed by atoms with Gasteiger partial charge in [0.05, 0.1) is 18.8 Å². The zero-order valence-electron chi connectivity index (χ0n) is 27.4. The molecule has 0 unspecified atom stereocenters. The molecular formula is C36H71NO4. The number of amides is 1. The van der Waals surface area contributed by atoms with E-state index in [4.69, 9.17) is 0 Å². The molecule has 0 aromatic rings. The van der Waals surface area contributed by atoms with Crippen LogP contribution >= 0.6 is 0 Å². The Morgan fingerprint density at radius 2 is 0.951 bits per heavy atom. The number of hydrogen-bond donors (Lipinski definition) is 4. The van der Waals surface area contributed by atoms with Crippen LogP contribution in [-0.4, -0.2) is 46.1 Å². The minimum Gasteiger partial charge on any atom is -0.394 e. The largest absolute Gasteiger partial charge is 0.394 e. The Morgan fingerprint density at radius 3 is 1.34 bits per heavy atom. The molecule has 0 aromatic carbocycles. The molecule has 41 heavy (non-hydrogen) atoms. The van der Waals surface area contributed by atoms with Gasteiger partial charge in [0.2, 0.25) is 0 Å². The summed E-state index contributed by atoms with van der Waals surface area (Å²) in [6.45, 7) is 4.19. The molecule has 1 amide bonds. The van der Waals surface area contributed by atoms with E-state index in [9.17, 15) is 20.1 Å². The summed E-state index contributed by atoms with van der Waals surface area (Å²) in [6, 6.07) is -0.737. The van der Waals surface area contributed by atoms with E-state index >= 15 is 0 Å². The van der Waals surface area contributed by atoms with Crippen molar-refractivity contribution in [2.24, 2.45) is 0 Å². The van der Waals surface area contributed by atoms with Gasteiger partial charge >= 0.3 is 0 Å². The van der Waals surface area contributed by atoms with Crippen LogP contribution in [0.15, 0.2) is 12.2 Å². The van der Waals surface area contributed by atoms with E-state index in [1.54, 1.807) is 0 Å². The average Bonchev–Trinajstić information content (AvgIpc) is 2.98. The number of allylic oxidation sites excluding steroid dienone is 1. The Kier molecular flexibility index (Phi) is 31.3. The fourth-order valence-electron chi connectivity index (χ4n) is 5.52. The van der Waals surface area contributed by atoms with Crippen molar-refractivity contribution in [3.05, 3.63) is 12.2 Å². The quantitative estimate of drug-likeness (QED) is 0.0471. The molecule has 4 N–H and O–H groups in total. The Balaban J connectivity index is 3.74. The van der Waals surface area contributed by atoms with Crippen LogP contribution in [0.2, 0.25) is 0 Å². The van der Waals surface area contributed by atoms with E-state index in [1.807, 2.05) is 6.08 Å². The summed E-state index contributed by atoms with van der Waals surface area (Å²) >= 11 is 0. The monoisotopic (exact) mass is 582 g/mol. The van der Waals surface area contributed by atoms with Gasteiger partial charge in [-0.2, -0.15) is 0 Å². The van der Waals surface area contributed by atoms with Crippen molar-refractivity contribution in [1.29, 1.82) is 0 Å². The highest BCUT2D eigenvalue weighted by Gasteiger charge is 2.22. The Morgan fingerprint density at radius 1 is 0.585 bits per heavy atom. The molecule has 0 saturated carbocycles. The van der Waals surface area contributed by atoms with Crippen molar-refractivity contribution in [3.8, 4) is 0 Å². The summed E-state index contributed by atoms with van der Waals surface area (Å²) < 4.78 is 0. The second kappa shape index (κ2) is 32.0. The van der Waals surface area contributed by atoms with Gasteiger partial charge in [0.25, 0.3) is 5.91 Å². The lowest BCUT2D eigenvalue weighted by atomic mass is 10.0.